The average Bonchev–Trinajstić information content (AvgIpc) is 3.18. The molecule has 0 aliphatic carbocycles. The topological polar surface area (TPSA) is 54.6 Å². The summed E-state index contributed by atoms with van der Waals surface area (Å²) in [7, 11) is 0. The van der Waals surface area contributed by atoms with Gasteiger partial charge in [0.15, 0.2) is 5.13 Å². The van der Waals surface area contributed by atoms with Gasteiger partial charge in [0.1, 0.15) is 11.9 Å². The van der Waals surface area contributed by atoms with Crippen LogP contribution in [0.5, 0.6) is 5.75 Å². The molecule has 3 heterocycles. The molecule has 6 heteroatoms. The Balaban J connectivity index is 1.38. The van der Waals surface area contributed by atoms with Crippen LogP contribution in [0.1, 0.15) is 45.3 Å². The third-order valence-electron chi connectivity index (χ3n) is 5.40. The van der Waals surface area contributed by atoms with E-state index in [0.29, 0.717) is 17.3 Å². The fourth-order valence-electron chi connectivity index (χ4n) is 3.81. The van der Waals surface area contributed by atoms with Gasteiger partial charge < -0.3 is 15.4 Å². The first kappa shape index (κ1) is 17.6. The van der Waals surface area contributed by atoms with E-state index in [9.17, 15) is 0 Å². The van der Waals surface area contributed by atoms with Crippen molar-refractivity contribution < 1.29 is 4.74 Å². The number of hydrogen-bond acceptors (Lipinski definition) is 6. The standard InChI is InChI=1S/C20H28N4OS/c1-20(2,3)23-11-16(12-23)25-15-8-6-14(7-9-15)24-10-4-5-18(24)17-13-26-19(21)22-17/h6-9,13,16,18H,4-5,10-12H2,1-3H3,(H2,21,22)/t18-/m1/s1. The number of aromatic nitrogens is 1. The predicted octanol–water partition coefficient (Wildman–Crippen LogP) is 3.93. The van der Waals surface area contributed by atoms with Crippen molar-refractivity contribution in [3.63, 3.8) is 0 Å². The fraction of sp³-hybridized carbons (Fsp3) is 0.550. The molecule has 0 unspecified atom stereocenters. The predicted molar refractivity (Wildman–Crippen MR) is 108 cm³/mol. The lowest BCUT2D eigenvalue weighted by atomic mass is 9.99. The van der Waals surface area contributed by atoms with Gasteiger partial charge in [-0.1, -0.05) is 0 Å². The van der Waals surface area contributed by atoms with Crippen molar-refractivity contribution >= 4 is 22.2 Å². The monoisotopic (exact) mass is 372 g/mol. The second-order valence-electron chi connectivity index (χ2n) is 8.27. The molecular weight excluding hydrogens is 344 g/mol. The maximum absolute atomic E-state index is 6.12. The molecule has 0 amide bonds. The number of benzene rings is 1. The van der Waals surface area contributed by atoms with Crippen molar-refractivity contribution in [1.82, 2.24) is 9.88 Å². The van der Waals surface area contributed by atoms with Crippen LogP contribution >= 0.6 is 11.3 Å². The maximum atomic E-state index is 6.12. The molecule has 26 heavy (non-hydrogen) atoms. The van der Waals surface area contributed by atoms with Gasteiger partial charge in [-0.3, -0.25) is 4.90 Å². The van der Waals surface area contributed by atoms with E-state index in [-0.39, 0.29) is 5.54 Å². The largest absolute Gasteiger partial charge is 0.488 e. The number of anilines is 2. The van der Waals surface area contributed by atoms with Gasteiger partial charge in [0.2, 0.25) is 0 Å². The van der Waals surface area contributed by atoms with E-state index < -0.39 is 0 Å². The Bertz CT molecular complexity index is 746. The second-order valence-corrected chi connectivity index (χ2v) is 9.16. The zero-order valence-corrected chi connectivity index (χ0v) is 16.6. The molecule has 0 saturated carbocycles. The Morgan fingerprint density at radius 2 is 1.92 bits per heavy atom. The van der Waals surface area contributed by atoms with E-state index in [1.54, 1.807) is 0 Å². The SMILES string of the molecule is CC(C)(C)N1CC(Oc2ccc(N3CCC[C@@H]3c3csc(N)n3)cc2)C1. The number of hydrogen-bond donors (Lipinski definition) is 1. The minimum atomic E-state index is 0.230. The van der Waals surface area contributed by atoms with E-state index in [2.05, 4.69) is 65.2 Å². The molecule has 2 saturated heterocycles. The Morgan fingerprint density at radius 1 is 1.19 bits per heavy atom. The van der Waals surface area contributed by atoms with Gasteiger partial charge in [-0.2, -0.15) is 0 Å². The highest BCUT2D eigenvalue weighted by atomic mass is 32.1. The van der Waals surface area contributed by atoms with E-state index in [4.69, 9.17) is 10.5 Å². The van der Waals surface area contributed by atoms with Crippen LogP contribution in [-0.4, -0.2) is 41.2 Å². The molecule has 0 spiro atoms. The summed E-state index contributed by atoms with van der Waals surface area (Å²) < 4.78 is 6.12. The second kappa shape index (κ2) is 6.74. The molecule has 2 aliphatic heterocycles. The molecule has 4 rings (SSSR count). The first-order valence-electron chi connectivity index (χ1n) is 9.39. The summed E-state index contributed by atoms with van der Waals surface area (Å²) in [5.41, 5.74) is 8.38. The molecule has 5 nitrogen and oxygen atoms in total. The summed E-state index contributed by atoms with van der Waals surface area (Å²) in [6.45, 7) is 9.82. The molecule has 1 aromatic heterocycles. The Morgan fingerprint density at radius 3 is 2.54 bits per heavy atom. The number of nitrogens with zero attached hydrogens (tertiary/aromatic N) is 3. The zero-order valence-electron chi connectivity index (χ0n) is 15.8. The third-order valence-corrected chi connectivity index (χ3v) is 6.09. The van der Waals surface area contributed by atoms with Crippen molar-refractivity contribution in [3.8, 4) is 5.75 Å². The lowest BCUT2D eigenvalue weighted by molar-refractivity contribution is -0.0349. The number of nitrogens with two attached hydrogens (primary N) is 1. The molecular formula is C20H28N4OS. The van der Waals surface area contributed by atoms with E-state index >= 15 is 0 Å². The van der Waals surface area contributed by atoms with Crippen molar-refractivity contribution in [1.29, 1.82) is 0 Å². The van der Waals surface area contributed by atoms with Crippen LogP contribution in [0.15, 0.2) is 29.6 Å². The number of rotatable bonds is 4. The molecule has 1 aromatic carbocycles. The summed E-state index contributed by atoms with van der Waals surface area (Å²) in [5.74, 6) is 0.959. The lowest BCUT2D eigenvalue weighted by Gasteiger charge is -2.47. The number of likely N-dealkylation sites (tertiary alicyclic amines) is 1. The molecule has 2 fully saturated rings. The highest BCUT2D eigenvalue weighted by Gasteiger charge is 2.35. The lowest BCUT2D eigenvalue weighted by Crippen LogP contribution is -2.60. The Hall–Kier alpha value is -1.79. The van der Waals surface area contributed by atoms with Crippen LogP contribution in [-0.2, 0) is 0 Å². The number of nitrogen functional groups attached to an aromatic ring is 1. The van der Waals surface area contributed by atoms with E-state index in [0.717, 1.165) is 37.5 Å². The third kappa shape index (κ3) is 3.53. The molecule has 1 atom stereocenters. The molecule has 140 valence electrons. The van der Waals surface area contributed by atoms with Crippen molar-refractivity contribution in [3.05, 3.63) is 35.3 Å². The summed E-state index contributed by atoms with van der Waals surface area (Å²) in [5, 5.41) is 2.74. The normalized spacial score (nSPS) is 21.8. The zero-order chi connectivity index (χ0) is 18.3. The fourth-order valence-corrected chi connectivity index (χ4v) is 4.42. The van der Waals surface area contributed by atoms with Crippen molar-refractivity contribution in [2.45, 2.75) is 51.3 Å². The summed E-state index contributed by atoms with van der Waals surface area (Å²) in [4.78, 5) is 9.37. The minimum absolute atomic E-state index is 0.230. The maximum Gasteiger partial charge on any atom is 0.180 e. The Kier molecular flexibility index (Phi) is 4.57. The van der Waals surface area contributed by atoms with Crippen molar-refractivity contribution in [2.75, 3.05) is 30.3 Å². The Labute approximate surface area is 159 Å². The van der Waals surface area contributed by atoms with Crippen LogP contribution in [0, 0.1) is 0 Å². The van der Waals surface area contributed by atoms with E-state index in [1.165, 1.54) is 23.4 Å². The highest BCUT2D eigenvalue weighted by Crippen LogP contribution is 2.37. The van der Waals surface area contributed by atoms with Gasteiger partial charge in [0.25, 0.3) is 0 Å². The van der Waals surface area contributed by atoms with Crippen LogP contribution in [0.25, 0.3) is 0 Å². The van der Waals surface area contributed by atoms with Gasteiger partial charge in [0.05, 0.1) is 11.7 Å². The molecule has 2 aliphatic rings. The van der Waals surface area contributed by atoms with Gasteiger partial charge >= 0.3 is 0 Å². The van der Waals surface area contributed by atoms with Gasteiger partial charge in [-0.05, 0) is 57.9 Å². The van der Waals surface area contributed by atoms with Crippen LogP contribution in [0.4, 0.5) is 10.8 Å². The van der Waals surface area contributed by atoms with Crippen LogP contribution < -0.4 is 15.4 Å². The van der Waals surface area contributed by atoms with Gasteiger partial charge in [-0.15, -0.1) is 11.3 Å². The van der Waals surface area contributed by atoms with Crippen molar-refractivity contribution in [2.24, 2.45) is 0 Å². The molecule has 0 bridgehead atoms. The number of ether oxygens (including phenoxy) is 1. The van der Waals surface area contributed by atoms with E-state index in [1.807, 2.05) is 0 Å². The molecule has 2 aromatic rings. The number of thiazole rings is 1. The molecule has 2 N–H and O–H groups in total. The highest BCUT2D eigenvalue weighted by molar-refractivity contribution is 7.13. The quantitative estimate of drug-likeness (QED) is 0.881. The van der Waals surface area contributed by atoms with Crippen LogP contribution in [0.3, 0.4) is 0 Å². The summed E-state index contributed by atoms with van der Waals surface area (Å²) in [6.07, 6.45) is 2.62. The first-order valence-corrected chi connectivity index (χ1v) is 10.3. The summed E-state index contributed by atoms with van der Waals surface area (Å²) in [6, 6.07) is 8.87. The first-order chi connectivity index (χ1) is 12.4. The summed E-state index contributed by atoms with van der Waals surface area (Å²) >= 11 is 1.52. The smallest absolute Gasteiger partial charge is 0.180 e. The van der Waals surface area contributed by atoms with Crippen LogP contribution in [0.2, 0.25) is 0 Å². The molecule has 0 radical (unpaired) electrons. The van der Waals surface area contributed by atoms with Gasteiger partial charge in [0, 0.05) is 36.2 Å². The average molecular weight is 373 g/mol. The van der Waals surface area contributed by atoms with Gasteiger partial charge in [-0.25, -0.2) is 4.98 Å². The minimum Gasteiger partial charge on any atom is -0.488 e.